The number of sulfonamides is 1. The van der Waals surface area contributed by atoms with Gasteiger partial charge in [0, 0.05) is 6.07 Å². The van der Waals surface area contributed by atoms with E-state index in [-0.39, 0.29) is 11.4 Å². The molecule has 0 aromatic heterocycles. The number of anilines is 1. The minimum absolute atomic E-state index is 0.108. The van der Waals surface area contributed by atoms with E-state index in [2.05, 4.69) is 0 Å². The van der Waals surface area contributed by atoms with Crippen molar-refractivity contribution in [2.45, 2.75) is 18.4 Å². The third-order valence-electron chi connectivity index (χ3n) is 4.76. The number of hydrogen-bond acceptors (Lipinski definition) is 5. The van der Waals surface area contributed by atoms with E-state index in [0.29, 0.717) is 28.5 Å². The van der Waals surface area contributed by atoms with E-state index in [1.807, 2.05) is 6.07 Å². The van der Waals surface area contributed by atoms with Gasteiger partial charge in [0.2, 0.25) is 0 Å². The molecule has 3 aromatic rings. The van der Waals surface area contributed by atoms with Crippen molar-refractivity contribution in [3.8, 4) is 17.2 Å². The van der Waals surface area contributed by atoms with Crippen LogP contribution in [-0.2, 0) is 16.6 Å². The van der Waals surface area contributed by atoms with Gasteiger partial charge in [0.1, 0.15) is 17.2 Å². The molecule has 0 atom stereocenters. The Bertz CT molecular complexity index is 1090. The molecule has 0 saturated heterocycles. The van der Waals surface area contributed by atoms with Crippen LogP contribution in [0.15, 0.2) is 71.6 Å². The molecule has 0 N–H and O–H groups in total. The van der Waals surface area contributed by atoms with Crippen LogP contribution >= 0.6 is 0 Å². The summed E-state index contributed by atoms with van der Waals surface area (Å²) in [7, 11) is 0.857. The Labute approximate surface area is 177 Å². The fraction of sp³-hybridized carbons (Fsp3) is 0.217. The van der Waals surface area contributed by atoms with E-state index in [1.54, 1.807) is 88.9 Å². The second-order valence-electron chi connectivity index (χ2n) is 6.70. The molecule has 0 fully saturated rings. The maximum atomic E-state index is 13.7. The zero-order valence-corrected chi connectivity index (χ0v) is 18.3. The van der Waals surface area contributed by atoms with Crippen LogP contribution in [0.4, 0.5) is 5.69 Å². The smallest absolute Gasteiger partial charge is 0.264 e. The van der Waals surface area contributed by atoms with Gasteiger partial charge in [-0.05, 0) is 60.5 Å². The number of nitrogens with zero attached hydrogens (tertiary/aromatic N) is 1. The maximum Gasteiger partial charge on any atom is 0.264 e. The van der Waals surface area contributed by atoms with Gasteiger partial charge in [-0.1, -0.05) is 18.2 Å². The van der Waals surface area contributed by atoms with Crippen LogP contribution in [0, 0.1) is 6.92 Å². The Balaban J connectivity index is 2.12. The number of benzene rings is 3. The molecule has 0 saturated carbocycles. The first-order chi connectivity index (χ1) is 14.4. The highest BCUT2D eigenvalue weighted by Crippen LogP contribution is 2.31. The molecule has 3 aromatic carbocycles. The Morgan fingerprint density at radius 1 is 0.767 bits per heavy atom. The van der Waals surface area contributed by atoms with Crippen molar-refractivity contribution < 1.29 is 22.6 Å². The Hall–Kier alpha value is -3.19. The molecule has 6 nitrogen and oxygen atoms in total. The van der Waals surface area contributed by atoms with E-state index in [1.165, 1.54) is 4.31 Å². The summed E-state index contributed by atoms with van der Waals surface area (Å²) in [6.07, 6.45) is 0. The minimum atomic E-state index is -3.83. The Morgan fingerprint density at radius 3 is 1.87 bits per heavy atom. The van der Waals surface area contributed by atoms with Gasteiger partial charge >= 0.3 is 0 Å². The van der Waals surface area contributed by atoms with Crippen molar-refractivity contribution in [1.29, 1.82) is 0 Å². The second kappa shape index (κ2) is 9.09. The molecule has 3 rings (SSSR count). The fourth-order valence-corrected chi connectivity index (χ4v) is 4.83. The third kappa shape index (κ3) is 4.52. The summed E-state index contributed by atoms with van der Waals surface area (Å²) in [4.78, 5) is 0.260. The summed E-state index contributed by atoms with van der Waals surface area (Å²) < 4.78 is 44.6. The molecule has 0 unspecified atom stereocenters. The first-order valence-corrected chi connectivity index (χ1v) is 10.8. The number of hydrogen-bond donors (Lipinski definition) is 0. The highest BCUT2D eigenvalue weighted by Gasteiger charge is 2.27. The summed E-state index contributed by atoms with van der Waals surface area (Å²) in [6, 6.07) is 19.2. The monoisotopic (exact) mass is 427 g/mol. The average molecular weight is 428 g/mol. The van der Waals surface area contributed by atoms with Crippen molar-refractivity contribution in [2.75, 3.05) is 25.6 Å². The van der Waals surface area contributed by atoms with Gasteiger partial charge in [-0.15, -0.1) is 0 Å². The first kappa shape index (κ1) is 21.5. The Morgan fingerprint density at radius 2 is 1.33 bits per heavy atom. The lowest BCUT2D eigenvalue weighted by Gasteiger charge is -2.26. The molecular formula is C23H25NO5S. The van der Waals surface area contributed by atoms with Gasteiger partial charge in [-0.2, -0.15) is 0 Å². The largest absolute Gasteiger partial charge is 0.497 e. The predicted octanol–water partition coefficient (Wildman–Crippen LogP) is 4.42. The molecule has 0 aliphatic rings. The second-order valence-corrected chi connectivity index (χ2v) is 8.53. The van der Waals surface area contributed by atoms with E-state index >= 15 is 0 Å². The van der Waals surface area contributed by atoms with Crippen molar-refractivity contribution in [3.63, 3.8) is 0 Å². The molecule has 7 heteroatoms. The molecule has 0 radical (unpaired) electrons. The van der Waals surface area contributed by atoms with Crippen molar-refractivity contribution in [2.24, 2.45) is 0 Å². The SMILES string of the molecule is COc1ccc(N(Cc2cc(OC)cc(OC)c2)S(=O)(=O)c2ccccc2C)cc1. The van der Waals surface area contributed by atoms with Gasteiger partial charge in [0.05, 0.1) is 38.5 Å². The van der Waals surface area contributed by atoms with Crippen LogP contribution in [0.3, 0.4) is 0 Å². The molecule has 0 bridgehead atoms. The molecule has 0 heterocycles. The van der Waals surface area contributed by atoms with E-state index in [0.717, 1.165) is 5.56 Å². The number of ether oxygens (including phenoxy) is 3. The highest BCUT2D eigenvalue weighted by atomic mass is 32.2. The fourth-order valence-electron chi connectivity index (χ4n) is 3.15. The summed E-state index contributed by atoms with van der Waals surface area (Å²) in [5.41, 5.74) is 1.94. The normalized spacial score (nSPS) is 11.1. The minimum Gasteiger partial charge on any atom is -0.497 e. The van der Waals surface area contributed by atoms with Crippen molar-refractivity contribution in [1.82, 2.24) is 0 Å². The van der Waals surface area contributed by atoms with Crippen LogP contribution in [0.5, 0.6) is 17.2 Å². The summed E-state index contributed by atoms with van der Waals surface area (Å²) in [5.74, 6) is 1.83. The topological polar surface area (TPSA) is 65.1 Å². The highest BCUT2D eigenvalue weighted by molar-refractivity contribution is 7.92. The molecule has 0 aliphatic carbocycles. The maximum absolute atomic E-state index is 13.7. The number of methoxy groups -OCH3 is 3. The van der Waals surface area contributed by atoms with Crippen molar-refractivity contribution >= 4 is 15.7 Å². The molecule has 0 aliphatic heterocycles. The van der Waals surface area contributed by atoms with E-state index < -0.39 is 10.0 Å². The molecule has 158 valence electrons. The lowest BCUT2D eigenvalue weighted by Crippen LogP contribution is -2.31. The third-order valence-corrected chi connectivity index (χ3v) is 6.69. The van der Waals surface area contributed by atoms with Crippen LogP contribution in [-0.4, -0.2) is 29.7 Å². The molecule has 0 spiro atoms. The summed E-state index contributed by atoms with van der Waals surface area (Å²) in [5, 5.41) is 0. The van der Waals surface area contributed by atoms with Crippen LogP contribution in [0.2, 0.25) is 0 Å². The first-order valence-electron chi connectivity index (χ1n) is 9.33. The molecular weight excluding hydrogens is 402 g/mol. The van der Waals surface area contributed by atoms with E-state index in [4.69, 9.17) is 14.2 Å². The Kier molecular flexibility index (Phi) is 6.52. The van der Waals surface area contributed by atoms with E-state index in [9.17, 15) is 8.42 Å². The van der Waals surface area contributed by atoms with Gasteiger partial charge in [0.15, 0.2) is 0 Å². The van der Waals surface area contributed by atoms with Crippen LogP contribution in [0.1, 0.15) is 11.1 Å². The average Bonchev–Trinajstić information content (AvgIpc) is 2.77. The lowest BCUT2D eigenvalue weighted by atomic mass is 10.2. The zero-order chi connectivity index (χ0) is 21.7. The van der Waals surface area contributed by atoms with Crippen LogP contribution in [0.25, 0.3) is 0 Å². The van der Waals surface area contributed by atoms with Gasteiger partial charge in [0.25, 0.3) is 10.0 Å². The van der Waals surface area contributed by atoms with Crippen LogP contribution < -0.4 is 18.5 Å². The van der Waals surface area contributed by atoms with Crippen molar-refractivity contribution in [3.05, 3.63) is 77.9 Å². The van der Waals surface area contributed by atoms with Gasteiger partial charge in [-0.3, -0.25) is 4.31 Å². The number of rotatable bonds is 8. The molecule has 30 heavy (non-hydrogen) atoms. The predicted molar refractivity (Wildman–Crippen MR) is 117 cm³/mol. The standard InChI is InChI=1S/C23H25NO5S/c1-17-7-5-6-8-23(17)30(25,26)24(19-9-11-20(27-2)12-10-19)16-18-13-21(28-3)15-22(14-18)29-4/h5-15H,16H2,1-4H3. The molecule has 0 amide bonds. The zero-order valence-electron chi connectivity index (χ0n) is 17.5. The lowest BCUT2D eigenvalue weighted by molar-refractivity contribution is 0.393. The van der Waals surface area contributed by atoms with Gasteiger partial charge < -0.3 is 14.2 Å². The summed E-state index contributed by atoms with van der Waals surface area (Å²) >= 11 is 0. The van der Waals surface area contributed by atoms with Gasteiger partial charge in [-0.25, -0.2) is 8.42 Å². The number of aryl methyl sites for hydroxylation is 1. The quantitative estimate of drug-likeness (QED) is 0.533. The summed E-state index contributed by atoms with van der Waals surface area (Å²) in [6.45, 7) is 1.89.